The minimum Gasteiger partial charge on any atom is -0.357 e. The van der Waals surface area contributed by atoms with Gasteiger partial charge in [0, 0.05) is 6.07 Å². The Morgan fingerprint density at radius 3 is 1.85 bits per heavy atom. The third-order valence-electron chi connectivity index (χ3n) is 2.60. The van der Waals surface area contributed by atoms with Crippen molar-refractivity contribution in [3.8, 4) is 5.75 Å². The second-order valence-electron chi connectivity index (χ2n) is 4.39. The highest BCUT2D eigenvalue weighted by Gasteiger charge is 2.33. The van der Waals surface area contributed by atoms with Gasteiger partial charge in [-0.15, -0.1) is 0 Å². The molecule has 0 aliphatic rings. The summed E-state index contributed by atoms with van der Waals surface area (Å²) in [7, 11) is -10.9. The number of nitrogens with zero attached hydrogens (tertiary/aromatic N) is 1. The second kappa shape index (κ2) is 6.64. The minimum absolute atomic E-state index is 0.522. The molecule has 7 nitrogen and oxygen atoms in total. The predicted octanol–water partition coefficient (Wildman–Crippen LogP) is 2.17. The van der Waals surface area contributed by atoms with Crippen LogP contribution < -0.4 is 8.91 Å². The number of nitrogens with one attached hydrogen (secondary N) is 1. The van der Waals surface area contributed by atoms with Crippen molar-refractivity contribution in [1.29, 1.82) is 0 Å². The topological polar surface area (TPSA) is 102 Å². The van der Waals surface area contributed by atoms with Gasteiger partial charge >= 0.3 is 10.5 Å². The lowest BCUT2D eigenvalue weighted by atomic mass is 10.3. The fraction of sp³-hybridized carbons (Fsp3) is 0. The van der Waals surface area contributed by atoms with Crippen LogP contribution in [0.5, 0.6) is 5.75 Å². The van der Waals surface area contributed by atoms with Gasteiger partial charge in [0.25, 0.3) is 10.0 Å². The molecule has 1 aromatic heterocycles. The molecule has 26 heavy (non-hydrogen) atoms. The lowest BCUT2D eigenvalue weighted by Gasteiger charge is -2.11. The molecule has 2 aromatic rings. The Bertz CT molecular complexity index is 1060. The van der Waals surface area contributed by atoms with Crippen LogP contribution in [0, 0.1) is 29.1 Å². The lowest BCUT2D eigenvalue weighted by Crippen LogP contribution is -2.19. The van der Waals surface area contributed by atoms with Crippen molar-refractivity contribution in [2.24, 2.45) is 0 Å². The molecule has 0 atom stereocenters. The number of pyridine rings is 1. The van der Waals surface area contributed by atoms with Crippen LogP contribution in [0.4, 0.5) is 31.5 Å². The third kappa shape index (κ3) is 3.98. The Labute approximate surface area is 141 Å². The lowest BCUT2D eigenvalue weighted by molar-refractivity contribution is 0.358. The molecular formula is C11H4F6N2O5S2. The SMILES string of the molecule is O=S(=O)(F)Oc1cncc(NS(=O)(=O)c2c(F)c(F)c(F)c(F)c2F)c1. The maximum Gasteiger partial charge on any atom is 0.488 e. The zero-order chi connectivity index (χ0) is 19.9. The standard InChI is InChI=1S/C11H4F6N2O5S2/c12-6-7(13)9(15)11(10(16)8(6)14)25(20,21)19-4-1-5(3-18-2-4)24-26(17,22)23/h1-3,19H. The van der Waals surface area contributed by atoms with Crippen molar-refractivity contribution in [2.75, 3.05) is 4.72 Å². The Hall–Kier alpha value is -2.55. The van der Waals surface area contributed by atoms with Crippen LogP contribution in [0.25, 0.3) is 0 Å². The molecule has 0 bridgehead atoms. The molecule has 1 aromatic carbocycles. The number of anilines is 1. The van der Waals surface area contributed by atoms with E-state index >= 15 is 0 Å². The molecule has 0 amide bonds. The molecule has 0 fully saturated rings. The van der Waals surface area contributed by atoms with Crippen LogP contribution in [-0.2, 0) is 20.5 Å². The molecule has 0 spiro atoms. The van der Waals surface area contributed by atoms with Crippen LogP contribution >= 0.6 is 0 Å². The van der Waals surface area contributed by atoms with E-state index in [-0.39, 0.29) is 0 Å². The van der Waals surface area contributed by atoms with E-state index < -0.39 is 65.9 Å². The number of aromatic nitrogens is 1. The zero-order valence-corrected chi connectivity index (χ0v) is 13.4. The van der Waals surface area contributed by atoms with E-state index in [1.165, 1.54) is 4.72 Å². The summed E-state index contributed by atoms with van der Waals surface area (Å²) in [6.07, 6.45) is 1.29. The molecule has 0 aliphatic heterocycles. The Morgan fingerprint density at radius 2 is 1.35 bits per heavy atom. The van der Waals surface area contributed by atoms with Gasteiger partial charge in [-0.25, -0.2) is 30.4 Å². The van der Waals surface area contributed by atoms with Gasteiger partial charge in [0.1, 0.15) is 0 Å². The molecule has 1 N–H and O–H groups in total. The van der Waals surface area contributed by atoms with Crippen LogP contribution in [0.15, 0.2) is 23.4 Å². The summed E-state index contributed by atoms with van der Waals surface area (Å²) in [5.41, 5.74) is -0.727. The fourth-order valence-corrected chi connectivity index (χ4v) is 3.16. The molecule has 0 unspecified atom stereocenters. The van der Waals surface area contributed by atoms with Crippen molar-refractivity contribution in [3.63, 3.8) is 0 Å². The molecule has 0 radical (unpaired) electrons. The molecule has 15 heteroatoms. The van der Waals surface area contributed by atoms with Crippen LogP contribution in [-0.4, -0.2) is 21.8 Å². The van der Waals surface area contributed by atoms with Gasteiger partial charge in [0.05, 0.1) is 18.1 Å². The highest BCUT2D eigenvalue weighted by Crippen LogP contribution is 2.28. The largest absolute Gasteiger partial charge is 0.488 e. The number of halogens is 6. The Balaban J connectivity index is 2.50. The Kier molecular flexibility index (Phi) is 5.05. The predicted molar refractivity (Wildman–Crippen MR) is 71.9 cm³/mol. The first-order chi connectivity index (χ1) is 11.8. The molecule has 0 saturated heterocycles. The van der Waals surface area contributed by atoms with Gasteiger partial charge in [0.2, 0.25) is 5.82 Å². The van der Waals surface area contributed by atoms with Crippen molar-refractivity contribution in [1.82, 2.24) is 4.98 Å². The quantitative estimate of drug-likeness (QED) is 0.343. The fourth-order valence-electron chi connectivity index (χ4n) is 1.66. The monoisotopic (exact) mass is 422 g/mol. The number of benzene rings is 1. The van der Waals surface area contributed by atoms with Crippen LogP contribution in [0.2, 0.25) is 0 Å². The number of hydrogen-bond acceptors (Lipinski definition) is 6. The summed E-state index contributed by atoms with van der Waals surface area (Å²) < 4.78 is 129. The summed E-state index contributed by atoms with van der Waals surface area (Å²) in [6, 6.07) is 0.522. The maximum absolute atomic E-state index is 13.6. The highest BCUT2D eigenvalue weighted by molar-refractivity contribution is 7.92. The van der Waals surface area contributed by atoms with Crippen molar-refractivity contribution in [3.05, 3.63) is 47.5 Å². The van der Waals surface area contributed by atoms with Gasteiger partial charge in [-0.3, -0.25) is 9.71 Å². The zero-order valence-electron chi connectivity index (χ0n) is 11.8. The first-order valence-corrected chi connectivity index (χ1v) is 8.76. The van der Waals surface area contributed by atoms with E-state index in [0.717, 1.165) is 0 Å². The van der Waals surface area contributed by atoms with Crippen LogP contribution in [0.1, 0.15) is 0 Å². The molecule has 0 aliphatic carbocycles. The third-order valence-corrected chi connectivity index (χ3v) is 4.39. The average molecular weight is 422 g/mol. The molecule has 2 rings (SSSR count). The smallest absolute Gasteiger partial charge is 0.357 e. The number of rotatable bonds is 5. The first kappa shape index (κ1) is 19.8. The van der Waals surface area contributed by atoms with Gasteiger partial charge < -0.3 is 4.18 Å². The van der Waals surface area contributed by atoms with E-state index in [2.05, 4.69) is 9.17 Å². The highest BCUT2D eigenvalue weighted by atomic mass is 32.3. The van der Waals surface area contributed by atoms with E-state index in [1.54, 1.807) is 0 Å². The molecule has 1 heterocycles. The molecule has 142 valence electrons. The summed E-state index contributed by atoms with van der Waals surface area (Å²) in [4.78, 5) is 1.08. The minimum atomic E-state index is -5.50. The van der Waals surface area contributed by atoms with Gasteiger partial charge in [-0.2, -0.15) is 8.42 Å². The summed E-state index contributed by atoms with van der Waals surface area (Å²) in [5, 5.41) is 0. The Morgan fingerprint density at radius 1 is 0.846 bits per heavy atom. The second-order valence-corrected chi connectivity index (χ2v) is 6.96. The van der Waals surface area contributed by atoms with Gasteiger partial charge in [-0.1, -0.05) is 3.89 Å². The van der Waals surface area contributed by atoms with Crippen LogP contribution in [0.3, 0.4) is 0 Å². The van der Waals surface area contributed by atoms with Crippen molar-refractivity contribution in [2.45, 2.75) is 4.90 Å². The number of sulfonamides is 1. The van der Waals surface area contributed by atoms with E-state index in [9.17, 15) is 42.7 Å². The number of hydrogen-bond donors (Lipinski definition) is 1. The molecular weight excluding hydrogens is 418 g/mol. The first-order valence-electron chi connectivity index (χ1n) is 5.97. The van der Waals surface area contributed by atoms with E-state index in [0.29, 0.717) is 18.5 Å². The van der Waals surface area contributed by atoms with Gasteiger partial charge in [-0.05, 0) is 0 Å². The normalized spacial score (nSPS) is 12.1. The van der Waals surface area contributed by atoms with Crippen molar-refractivity contribution < 1.29 is 46.9 Å². The van der Waals surface area contributed by atoms with Crippen molar-refractivity contribution >= 4 is 26.2 Å². The summed E-state index contributed by atoms with van der Waals surface area (Å²) >= 11 is 0. The maximum atomic E-state index is 13.6. The van der Waals surface area contributed by atoms with E-state index in [4.69, 9.17) is 0 Å². The van der Waals surface area contributed by atoms with E-state index in [1.807, 2.05) is 0 Å². The van der Waals surface area contributed by atoms with Gasteiger partial charge in [0.15, 0.2) is 33.9 Å². The average Bonchev–Trinajstić information content (AvgIpc) is 2.49. The molecule has 0 saturated carbocycles. The summed E-state index contributed by atoms with van der Waals surface area (Å²) in [6.45, 7) is 0. The summed E-state index contributed by atoms with van der Waals surface area (Å²) in [5.74, 6) is -13.7.